The van der Waals surface area contributed by atoms with Crippen molar-refractivity contribution in [3.8, 4) is 0 Å². The van der Waals surface area contributed by atoms with Gasteiger partial charge in [0.05, 0.1) is 12.7 Å². The van der Waals surface area contributed by atoms with E-state index in [9.17, 15) is 4.79 Å². The molecule has 0 aromatic heterocycles. The molecular weight excluding hydrogens is 226 g/mol. The number of nitrogens with one attached hydrogen (secondary N) is 1. The number of hydrogen-bond donors (Lipinski definition) is 1. The summed E-state index contributed by atoms with van der Waals surface area (Å²) in [6.45, 7) is 6.28. The second kappa shape index (κ2) is 6.53. The molecule has 2 rings (SSSR count). The molecule has 2 fully saturated rings. The SMILES string of the molecule is CCCC1NCN(CCC2CCN(C)CC2)C1=O. The molecule has 1 amide bonds. The maximum atomic E-state index is 12.1. The molecule has 2 aliphatic heterocycles. The van der Waals surface area contributed by atoms with Gasteiger partial charge in [-0.1, -0.05) is 13.3 Å². The molecule has 4 nitrogen and oxygen atoms in total. The van der Waals surface area contributed by atoms with Crippen LogP contribution in [0.25, 0.3) is 0 Å². The quantitative estimate of drug-likeness (QED) is 0.801. The van der Waals surface area contributed by atoms with Gasteiger partial charge in [-0.05, 0) is 51.7 Å². The zero-order valence-electron chi connectivity index (χ0n) is 11.8. The van der Waals surface area contributed by atoms with E-state index < -0.39 is 0 Å². The largest absolute Gasteiger partial charge is 0.329 e. The number of carbonyl (C=O) groups is 1. The standard InChI is InChI=1S/C14H27N3O/c1-3-4-13-14(18)17(11-15-13)10-7-12-5-8-16(2)9-6-12/h12-13,15H,3-11H2,1-2H3. The van der Waals surface area contributed by atoms with Gasteiger partial charge in [0, 0.05) is 6.54 Å². The fourth-order valence-electron chi connectivity index (χ4n) is 3.00. The van der Waals surface area contributed by atoms with Crippen molar-refractivity contribution in [3.63, 3.8) is 0 Å². The Labute approximate surface area is 111 Å². The summed E-state index contributed by atoms with van der Waals surface area (Å²) < 4.78 is 0. The predicted molar refractivity (Wildman–Crippen MR) is 73.2 cm³/mol. The number of amides is 1. The monoisotopic (exact) mass is 253 g/mol. The third-order valence-electron chi connectivity index (χ3n) is 4.36. The summed E-state index contributed by atoms with van der Waals surface area (Å²) in [5, 5.41) is 3.32. The Balaban J connectivity index is 1.69. The number of rotatable bonds is 5. The smallest absolute Gasteiger partial charge is 0.240 e. The number of hydrogen-bond acceptors (Lipinski definition) is 3. The number of carbonyl (C=O) groups excluding carboxylic acids is 1. The molecule has 2 saturated heterocycles. The van der Waals surface area contributed by atoms with Gasteiger partial charge in [0.1, 0.15) is 0 Å². The zero-order chi connectivity index (χ0) is 13.0. The minimum atomic E-state index is 0.0903. The van der Waals surface area contributed by atoms with E-state index in [-0.39, 0.29) is 6.04 Å². The molecule has 18 heavy (non-hydrogen) atoms. The second-order valence-electron chi connectivity index (χ2n) is 5.84. The fraction of sp³-hybridized carbons (Fsp3) is 0.929. The van der Waals surface area contributed by atoms with Gasteiger partial charge in [-0.15, -0.1) is 0 Å². The van der Waals surface area contributed by atoms with Crippen LogP contribution < -0.4 is 5.32 Å². The average Bonchev–Trinajstić information content (AvgIpc) is 2.71. The molecule has 1 N–H and O–H groups in total. The first-order chi connectivity index (χ1) is 8.70. The minimum absolute atomic E-state index is 0.0903. The van der Waals surface area contributed by atoms with Gasteiger partial charge >= 0.3 is 0 Å². The van der Waals surface area contributed by atoms with Crippen molar-refractivity contribution in [2.45, 2.75) is 45.1 Å². The van der Waals surface area contributed by atoms with E-state index in [1.807, 2.05) is 4.90 Å². The van der Waals surface area contributed by atoms with Crippen LogP contribution in [0.2, 0.25) is 0 Å². The highest BCUT2D eigenvalue weighted by Gasteiger charge is 2.30. The van der Waals surface area contributed by atoms with E-state index >= 15 is 0 Å². The van der Waals surface area contributed by atoms with Crippen molar-refractivity contribution in [1.29, 1.82) is 0 Å². The highest BCUT2D eigenvalue weighted by atomic mass is 16.2. The Morgan fingerprint density at radius 2 is 2.00 bits per heavy atom. The van der Waals surface area contributed by atoms with Crippen LogP contribution >= 0.6 is 0 Å². The third-order valence-corrected chi connectivity index (χ3v) is 4.36. The van der Waals surface area contributed by atoms with Crippen molar-refractivity contribution in [2.24, 2.45) is 5.92 Å². The molecule has 2 heterocycles. The van der Waals surface area contributed by atoms with Gasteiger partial charge in [0.2, 0.25) is 5.91 Å². The molecule has 0 aliphatic carbocycles. The molecule has 0 spiro atoms. The predicted octanol–water partition coefficient (Wildman–Crippen LogP) is 1.28. The van der Waals surface area contributed by atoms with Crippen molar-refractivity contribution in [2.75, 3.05) is 33.4 Å². The highest BCUT2D eigenvalue weighted by Crippen LogP contribution is 2.20. The van der Waals surface area contributed by atoms with Crippen LogP contribution in [0.15, 0.2) is 0 Å². The van der Waals surface area contributed by atoms with E-state index in [4.69, 9.17) is 0 Å². The van der Waals surface area contributed by atoms with Crippen LogP contribution in [0.4, 0.5) is 0 Å². The lowest BCUT2D eigenvalue weighted by Crippen LogP contribution is -2.34. The molecule has 0 aromatic carbocycles. The van der Waals surface area contributed by atoms with Gasteiger partial charge in [0.25, 0.3) is 0 Å². The Bertz CT molecular complexity index is 274. The third kappa shape index (κ3) is 3.45. The molecular formula is C14H27N3O. The first-order valence-corrected chi connectivity index (χ1v) is 7.41. The molecule has 1 unspecified atom stereocenters. The van der Waals surface area contributed by atoms with Gasteiger partial charge in [-0.2, -0.15) is 0 Å². The Hall–Kier alpha value is -0.610. The molecule has 0 bridgehead atoms. The molecule has 0 saturated carbocycles. The summed E-state index contributed by atoms with van der Waals surface area (Å²) in [5.41, 5.74) is 0. The maximum absolute atomic E-state index is 12.1. The van der Waals surface area contributed by atoms with E-state index in [1.165, 1.54) is 32.4 Å². The van der Waals surface area contributed by atoms with Crippen molar-refractivity contribution in [1.82, 2.24) is 15.1 Å². The van der Waals surface area contributed by atoms with E-state index in [0.717, 1.165) is 32.0 Å². The van der Waals surface area contributed by atoms with E-state index in [2.05, 4.69) is 24.2 Å². The van der Waals surface area contributed by atoms with Crippen LogP contribution in [-0.2, 0) is 4.79 Å². The van der Waals surface area contributed by atoms with Crippen molar-refractivity contribution < 1.29 is 4.79 Å². The normalized spacial score (nSPS) is 27.1. The summed E-state index contributed by atoms with van der Waals surface area (Å²) in [6.07, 6.45) is 5.82. The summed E-state index contributed by atoms with van der Waals surface area (Å²) >= 11 is 0. The average molecular weight is 253 g/mol. The molecule has 0 aromatic rings. The Morgan fingerprint density at radius 1 is 1.28 bits per heavy atom. The van der Waals surface area contributed by atoms with E-state index in [0.29, 0.717) is 5.91 Å². The van der Waals surface area contributed by atoms with Crippen molar-refractivity contribution in [3.05, 3.63) is 0 Å². The number of piperidine rings is 1. The molecule has 0 radical (unpaired) electrons. The lowest BCUT2D eigenvalue weighted by atomic mass is 9.93. The molecule has 4 heteroatoms. The van der Waals surface area contributed by atoms with Crippen molar-refractivity contribution >= 4 is 5.91 Å². The fourth-order valence-corrected chi connectivity index (χ4v) is 3.00. The van der Waals surface area contributed by atoms with Crippen LogP contribution in [0.3, 0.4) is 0 Å². The van der Waals surface area contributed by atoms with E-state index in [1.54, 1.807) is 0 Å². The number of nitrogens with zero attached hydrogens (tertiary/aromatic N) is 2. The summed E-state index contributed by atoms with van der Waals surface area (Å²) in [4.78, 5) is 16.5. The van der Waals surface area contributed by atoms with Crippen LogP contribution in [0, 0.1) is 5.92 Å². The lowest BCUT2D eigenvalue weighted by molar-refractivity contribution is -0.129. The van der Waals surface area contributed by atoms with Crippen LogP contribution in [0.5, 0.6) is 0 Å². The lowest BCUT2D eigenvalue weighted by Gasteiger charge is -2.29. The summed E-state index contributed by atoms with van der Waals surface area (Å²) in [6, 6.07) is 0.0903. The summed E-state index contributed by atoms with van der Waals surface area (Å²) in [7, 11) is 2.19. The second-order valence-corrected chi connectivity index (χ2v) is 5.84. The first-order valence-electron chi connectivity index (χ1n) is 7.41. The van der Waals surface area contributed by atoms with Crippen LogP contribution in [0.1, 0.15) is 39.0 Å². The molecule has 1 atom stereocenters. The van der Waals surface area contributed by atoms with Gasteiger partial charge in [0.15, 0.2) is 0 Å². The van der Waals surface area contributed by atoms with Gasteiger partial charge in [-0.25, -0.2) is 0 Å². The topological polar surface area (TPSA) is 35.6 Å². The van der Waals surface area contributed by atoms with Crippen LogP contribution in [-0.4, -0.2) is 55.1 Å². The van der Waals surface area contributed by atoms with Gasteiger partial charge in [-0.3, -0.25) is 10.1 Å². The first kappa shape index (κ1) is 13.8. The minimum Gasteiger partial charge on any atom is -0.329 e. The number of likely N-dealkylation sites (tertiary alicyclic amines) is 1. The Morgan fingerprint density at radius 3 is 2.67 bits per heavy atom. The Kier molecular flexibility index (Phi) is 5.01. The van der Waals surface area contributed by atoms with Gasteiger partial charge < -0.3 is 9.80 Å². The highest BCUT2D eigenvalue weighted by molar-refractivity contribution is 5.83. The molecule has 2 aliphatic rings. The summed E-state index contributed by atoms with van der Waals surface area (Å²) in [5.74, 6) is 1.14. The molecule has 104 valence electrons. The maximum Gasteiger partial charge on any atom is 0.240 e. The zero-order valence-corrected chi connectivity index (χ0v) is 11.8.